The van der Waals surface area contributed by atoms with Crippen LogP contribution in [0.4, 0.5) is 0 Å². The number of benzene rings is 1. The van der Waals surface area contributed by atoms with Gasteiger partial charge < -0.3 is 10.0 Å². The van der Waals surface area contributed by atoms with Crippen molar-refractivity contribution < 1.29 is 9.90 Å². The highest BCUT2D eigenvalue weighted by Crippen LogP contribution is 2.24. The van der Waals surface area contributed by atoms with Gasteiger partial charge >= 0.3 is 0 Å². The predicted molar refractivity (Wildman–Crippen MR) is 80.3 cm³/mol. The number of carbonyl (C=O) groups is 1. The molecule has 21 heavy (non-hydrogen) atoms. The van der Waals surface area contributed by atoms with Gasteiger partial charge in [0.05, 0.1) is 11.6 Å². The molecule has 1 aromatic rings. The topological polar surface area (TPSA) is 67.6 Å². The van der Waals surface area contributed by atoms with Crippen molar-refractivity contribution in [2.24, 2.45) is 0 Å². The molecule has 1 aliphatic heterocycles. The number of nitrogens with zero attached hydrogens (tertiary/aromatic N) is 3. The van der Waals surface area contributed by atoms with Gasteiger partial charge in [0.1, 0.15) is 11.3 Å². The molecule has 0 unspecified atom stereocenters. The number of halogens is 1. The Morgan fingerprint density at radius 3 is 2.48 bits per heavy atom. The molecule has 0 saturated carbocycles. The van der Waals surface area contributed by atoms with Gasteiger partial charge in [0.2, 0.25) is 0 Å². The van der Waals surface area contributed by atoms with Crippen molar-refractivity contribution in [2.45, 2.75) is 19.4 Å². The normalized spacial score (nSPS) is 16.6. The molecule has 0 aliphatic carbocycles. The van der Waals surface area contributed by atoms with Crippen LogP contribution in [0.15, 0.2) is 18.2 Å². The molecule has 1 fully saturated rings. The van der Waals surface area contributed by atoms with Crippen LogP contribution in [0.2, 0.25) is 5.02 Å². The van der Waals surface area contributed by atoms with E-state index in [0.717, 1.165) is 0 Å². The minimum absolute atomic E-state index is 0.104. The maximum Gasteiger partial charge on any atom is 0.257 e. The zero-order chi connectivity index (χ0) is 15.6. The molecular weight excluding hydrogens is 290 g/mol. The number of hydrogen-bond donors (Lipinski definition) is 1. The molecule has 1 saturated heterocycles. The smallest absolute Gasteiger partial charge is 0.257 e. The van der Waals surface area contributed by atoms with Gasteiger partial charge in [-0.1, -0.05) is 11.6 Å². The van der Waals surface area contributed by atoms with Crippen LogP contribution >= 0.6 is 11.6 Å². The molecule has 112 valence electrons. The minimum atomic E-state index is -0.530. The van der Waals surface area contributed by atoms with Crippen molar-refractivity contribution >= 4 is 17.5 Å². The van der Waals surface area contributed by atoms with E-state index >= 15 is 0 Å². The first-order chi connectivity index (χ1) is 9.85. The largest absolute Gasteiger partial charge is 0.507 e. The Morgan fingerprint density at radius 2 is 1.95 bits per heavy atom. The van der Waals surface area contributed by atoms with Crippen LogP contribution in [-0.4, -0.2) is 52.5 Å². The zero-order valence-corrected chi connectivity index (χ0v) is 12.9. The maximum atomic E-state index is 12.4. The van der Waals surface area contributed by atoms with Gasteiger partial charge in [0.25, 0.3) is 5.91 Å². The molecule has 5 nitrogen and oxygen atoms in total. The third-order valence-corrected chi connectivity index (χ3v) is 4.06. The number of phenols is 1. The van der Waals surface area contributed by atoms with E-state index in [9.17, 15) is 9.90 Å². The Labute approximate surface area is 129 Å². The van der Waals surface area contributed by atoms with Crippen molar-refractivity contribution in [3.63, 3.8) is 0 Å². The van der Waals surface area contributed by atoms with Crippen molar-refractivity contribution in [3.8, 4) is 11.8 Å². The highest BCUT2D eigenvalue weighted by molar-refractivity contribution is 6.30. The predicted octanol–water partition coefficient (Wildman–Crippen LogP) is 2.11. The van der Waals surface area contributed by atoms with E-state index in [1.165, 1.54) is 12.1 Å². The average molecular weight is 308 g/mol. The van der Waals surface area contributed by atoms with Crippen LogP contribution in [0, 0.1) is 11.3 Å². The number of piperazine rings is 1. The molecule has 6 heteroatoms. The second-order valence-corrected chi connectivity index (χ2v) is 6.05. The lowest BCUT2D eigenvalue weighted by Gasteiger charge is -2.40. The molecule has 0 atom stereocenters. The van der Waals surface area contributed by atoms with Gasteiger partial charge in [0.15, 0.2) is 0 Å². The van der Waals surface area contributed by atoms with Crippen LogP contribution < -0.4 is 0 Å². The van der Waals surface area contributed by atoms with Gasteiger partial charge in [-0.25, -0.2) is 0 Å². The number of rotatable bonds is 2. The van der Waals surface area contributed by atoms with E-state index in [0.29, 0.717) is 31.2 Å². The summed E-state index contributed by atoms with van der Waals surface area (Å²) >= 11 is 5.77. The number of hydrogen-bond acceptors (Lipinski definition) is 4. The highest BCUT2D eigenvalue weighted by Gasteiger charge is 2.31. The molecule has 1 amide bonds. The van der Waals surface area contributed by atoms with Crippen LogP contribution in [0.1, 0.15) is 24.2 Å². The first-order valence-electron chi connectivity index (χ1n) is 6.79. The summed E-state index contributed by atoms with van der Waals surface area (Å²) in [7, 11) is 0. The molecule has 0 aromatic heterocycles. The summed E-state index contributed by atoms with van der Waals surface area (Å²) in [5.74, 6) is -0.314. The van der Waals surface area contributed by atoms with Crippen molar-refractivity contribution in [1.82, 2.24) is 9.80 Å². The van der Waals surface area contributed by atoms with Crippen LogP contribution in [-0.2, 0) is 0 Å². The van der Waals surface area contributed by atoms with Crippen LogP contribution in [0.5, 0.6) is 5.75 Å². The monoisotopic (exact) mass is 307 g/mol. The Bertz CT molecular complexity index is 587. The molecule has 0 radical (unpaired) electrons. The number of phenolic OH excluding ortho intramolecular Hbond substituents is 1. The second kappa shape index (κ2) is 5.92. The van der Waals surface area contributed by atoms with E-state index in [-0.39, 0.29) is 17.2 Å². The summed E-state index contributed by atoms with van der Waals surface area (Å²) in [6.07, 6.45) is 0. The van der Waals surface area contributed by atoms with Crippen LogP contribution in [0.3, 0.4) is 0 Å². The Morgan fingerprint density at radius 1 is 1.33 bits per heavy atom. The number of aromatic hydroxyl groups is 1. The summed E-state index contributed by atoms with van der Waals surface area (Å²) in [5.41, 5.74) is -0.273. The number of carbonyl (C=O) groups excluding carboxylic acids is 1. The lowest BCUT2D eigenvalue weighted by atomic mass is 10.0. The van der Waals surface area contributed by atoms with E-state index in [4.69, 9.17) is 16.9 Å². The van der Waals surface area contributed by atoms with Crippen molar-refractivity contribution in [3.05, 3.63) is 28.8 Å². The molecule has 1 aliphatic rings. The van der Waals surface area contributed by atoms with Gasteiger partial charge in [-0.2, -0.15) is 5.26 Å². The standard InChI is InChI=1S/C15H18ClN3O2/c1-15(2,10-17)19-7-5-18(6-8-19)14(21)12-4-3-11(16)9-13(12)20/h3-4,9,20H,5-8H2,1-2H3. The van der Waals surface area contributed by atoms with E-state index in [1.54, 1.807) is 11.0 Å². The van der Waals surface area contributed by atoms with Crippen molar-refractivity contribution in [2.75, 3.05) is 26.2 Å². The summed E-state index contributed by atoms with van der Waals surface area (Å²) in [6.45, 7) is 6.09. The lowest BCUT2D eigenvalue weighted by Crippen LogP contribution is -2.55. The fourth-order valence-electron chi connectivity index (χ4n) is 2.40. The first kappa shape index (κ1) is 15.6. The van der Waals surface area contributed by atoms with Gasteiger partial charge in [-0.3, -0.25) is 9.69 Å². The molecule has 0 bridgehead atoms. The summed E-state index contributed by atoms with van der Waals surface area (Å²) in [4.78, 5) is 16.1. The van der Waals surface area contributed by atoms with E-state index in [1.807, 2.05) is 13.8 Å². The molecule has 1 aromatic carbocycles. The first-order valence-corrected chi connectivity index (χ1v) is 7.17. The minimum Gasteiger partial charge on any atom is -0.507 e. The molecule has 1 heterocycles. The highest BCUT2D eigenvalue weighted by atomic mass is 35.5. The van der Waals surface area contributed by atoms with E-state index in [2.05, 4.69) is 11.0 Å². The third-order valence-electron chi connectivity index (χ3n) is 3.82. The molecule has 0 spiro atoms. The van der Waals surface area contributed by atoms with Gasteiger partial charge in [-0.05, 0) is 32.0 Å². The molecule has 2 rings (SSSR count). The van der Waals surface area contributed by atoms with Gasteiger partial charge in [-0.15, -0.1) is 0 Å². The Hall–Kier alpha value is -1.77. The SMILES string of the molecule is CC(C)(C#N)N1CCN(C(=O)c2ccc(Cl)cc2O)CC1. The summed E-state index contributed by atoms with van der Waals surface area (Å²) in [5, 5.41) is 19.4. The Balaban J connectivity index is 2.06. The quantitative estimate of drug-likeness (QED) is 0.908. The Kier molecular flexibility index (Phi) is 4.40. The number of nitriles is 1. The third kappa shape index (κ3) is 3.29. The molecule has 1 N–H and O–H groups in total. The van der Waals surface area contributed by atoms with Gasteiger partial charge in [0, 0.05) is 31.2 Å². The fourth-order valence-corrected chi connectivity index (χ4v) is 2.56. The van der Waals surface area contributed by atoms with Crippen LogP contribution in [0.25, 0.3) is 0 Å². The van der Waals surface area contributed by atoms with Crippen molar-refractivity contribution in [1.29, 1.82) is 5.26 Å². The fraction of sp³-hybridized carbons (Fsp3) is 0.467. The summed E-state index contributed by atoms with van der Waals surface area (Å²) in [6, 6.07) is 6.76. The average Bonchev–Trinajstić information content (AvgIpc) is 2.47. The summed E-state index contributed by atoms with van der Waals surface area (Å²) < 4.78 is 0. The van der Waals surface area contributed by atoms with E-state index < -0.39 is 5.54 Å². The lowest BCUT2D eigenvalue weighted by molar-refractivity contribution is 0.0518. The molecular formula is C15H18ClN3O2. The zero-order valence-electron chi connectivity index (χ0n) is 12.1. The maximum absolute atomic E-state index is 12.4. The number of amides is 1. The second-order valence-electron chi connectivity index (χ2n) is 5.61.